The van der Waals surface area contributed by atoms with Crippen molar-refractivity contribution in [2.75, 3.05) is 7.11 Å². The second-order valence-electron chi connectivity index (χ2n) is 8.24. The van der Waals surface area contributed by atoms with Crippen LogP contribution >= 0.6 is 23.4 Å². The normalized spacial score (nSPS) is 10.9. The van der Waals surface area contributed by atoms with Gasteiger partial charge in [-0.25, -0.2) is 0 Å². The van der Waals surface area contributed by atoms with Crippen molar-refractivity contribution in [2.24, 2.45) is 0 Å². The van der Waals surface area contributed by atoms with Crippen LogP contribution < -0.4 is 10.1 Å². The predicted molar refractivity (Wildman–Crippen MR) is 140 cm³/mol. The molecule has 35 heavy (non-hydrogen) atoms. The van der Waals surface area contributed by atoms with Gasteiger partial charge >= 0.3 is 0 Å². The number of nitrogens with one attached hydrogen (secondary N) is 1. The SMILES string of the molecule is COc1ccc(CC(=O)NCc2nnc(SCc3cccc(C)c3)n2-c2cc(Cl)ccc2C)cc1. The fourth-order valence-corrected chi connectivity index (χ4v) is 4.77. The molecule has 1 amide bonds. The maximum absolute atomic E-state index is 12.6. The van der Waals surface area contributed by atoms with E-state index >= 15 is 0 Å². The first kappa shape index (κ1) is 24.8. The van der Waals surface area contributed by atoms with E-state index in [0.717, 1.165) is 33.5 Å². The van der Waals surface area contributed by atoms with Crippen LogP contribution in [0, 0.1) is 13.8 Å². The highest BCUT2D eigenvalue weighted by Crippen LogP contribution is 2.28. The lowest BCUT2D eigenvalue weighted by Crippen LogP contribution is -2.26. The minimum atomic E-state index is -0.0958. The highest BCUT2D eigenvalue weighted by Gasteiger charge is 2.17. The number of hydrogen-bond acceptors (Lipinski definition) is 5. The van der Waals surface area contributed by atoms with Gasteiger partial charge in [0.2, 0.25) is 5.91 Å². The summed E-state index contributed by atoms with van der Waals surface area (Å²) in [5.41, 5.74) is 5.27. The summed E-state index contributed by atoms with van der Waals surface area (Å²) in [5, 5.41) is 13.2. The van der Waals surface area contributed by atoms with E-state index in [9.17, 15) is 4.79 Å². The number of aryl methyl sites for hydroxylation is 2. The van der Waals surface area contributed by atoms with E-state index in [4.69, 9.17) is 16.3 Å². The Morgan fingerprint density at radius 3 is 2.57 bits per heavy atom. The minimum Gasteiger partial charge on any atom is -0.497 e. The van der Waals surface area contributed by atoms with Gasteiger partial charge in [-0.2, -0.15) is 0 Å². The van der Waals surface area contributed by atoms with E-state index in [1.807, 2.05) is 54.0 Å². The van der Waals surface area contributed by atoms with Gasteiger partial charge in [-0.1, -0.05) is 71.4 Å². The topological polar surface area (TPSA) is 69.0 Å². The molecule has 6 nitrogen and oxygen atoms in total. The molecule has 0 radical (unpaired) electrons. The lowest BCUT2D eigenvalue weighted by molar-refractivity contribution is -0.120. The van der Waals surface area contributed by atoms with Gasteiger partial charge in [0.25, 0.3) is 0 Å². The highest BCUT2D eigenvalue weighted by molar-refractivity contribution is 7.98. The lowest BCUT2D eigenvalue weighted by Gasteiger charge is -2.14. The molecule has 4 rings (SSSR count). The van der Waals surface area contributed by atoms with E-state index in [1.54, 1.807) is 18.9 Å². The van der Waals surface area contributed by atoms with E-state index < -0.39 is 0 Å². The summed E-state index contributed by atoms with van der Waals surface area (Å²) in [6.45, 7) is 4.35. The number of carbonyl (C=O) groups is 1. The third kappa shape index (κ3) is 6.44. The zero-order chi connectivity index (χ0) is 24.8. The smallest absolute Gasteiger partial charge is 0.224 e. The van der Waals surface area contributed by atoms with Gasteiger partial charge in [0.05, 0.1) is 25.8 Å². The zero-order valence-electron chi connectivity index (χ0n) is 19.9. The van der Waals surface area contributed by atoms with Crippen LogP contribution in [0.15, 0.2) is 71.9 Å². The molecule has 3 aromatic carbocycles. The van der Waals surface area contributed by atoms with E-state index in [1.165, 1.54) is 11.1 Å². The first-order chi connectivity index (χ1) is 16.9. The Labute approximate surface area is 214 Å². The fraction of sp³-hybridized carbons (Fsp3) is 0.222. The Hall–Kier alpha value is -3.29. The number of nitrogens with zero attached hydrogens (tertiary/aromatic N) is 3. The van der Waals surface area contributed by atoms with Crippen molar-refractivity contribution in [1.29, 1.82) is 0 Å². The Bertz CT molecular complexity index is 1320. The fourth-order valence-electron chi connectivity index (χ4n) is 3.69. The number of hydrogen-bond donors (Lipinski definition) is 1. The molecule has 0 saturated heterocycles. The maximum Gasteiger partial charge on any atom is 0.224 e. The predicted octanol–water partition coefficient (Wildman–Crippen LogP) is 5.70. The van der Waals surface area contributed by atoms with Crippen molar-refractivity contribution in [3.05, 3.63) is 99.8 Å². The molecule has 8 heteroatoms. The highest BCUT2D eigenvalue weighted by atomic mass is 35.5. The summed E-state index contributed by atoms with van der Waals surface area (Å²) in [4.78, 5) is 12.6. The Kier molecular flexibility index (Phi) is 8.10. The first-order valence-electron chi connectivity index (χ1n) is 11.2. The molecule has 4 aromatic rings. The first-order valence-corrected chi connectivity index (χ1v) is 12.6. The number of benzene rings is 3. The molecule has 0 aliphatic heterocycles. The van der Waals surface area contributed by atoms with Crippen LogP contribution in [0.1, 0.15) is 28.1 Å². The number of aromatic nitrogens is 3. The molecule has 0 atom stereocenters. The van der Waals surface area contributed by atoms with Gasteiger partial charge in [0.1, 0.15) is 5.75 Å². The van der Waals surface area contributed by atoms with E-state index in [0.29, 0.717) is 10.8 Å². The van der Waals surface area contributed by atoms with Crippen LogP contribution in [0.2, 0.25) is 5.02 Å². The molecule has 0 bridgehead atoms. The van der Waals surface area contributed by atoms with Gasteiger partial charge < -0.3 is 10.1 Å². The molecule has 0 unspecified atom stereocenters. The monoisotopic (exact) mass is 506 g/mol. The van der Waals surface area contributed by atoms with Gasteiger partial charge in [0, 0.05) is 10.8 Å². The standard InChI is InChI=1S/C27H27ClN4O2S/c1-18-5-4-6-21(13-18)17-35-27-31-30-25(32(27)24-15-22(28)10-7-19(24)2)16-29-26(33)14-20-8-11-23(34-3)12-9-20/h4-13,15H,14,16-17H2,1-3H3,(H,29,33). The van der Waals surface area contributed by atoms with Crippen LogP contribution in [0.3, 0.4) is 0 Å². The molecule has 0 fully saturated rings. The molecule has 0 saturated carbocycles. The second-order valence-corrected chi connectivity index (χ2v) is 9.62. The molecular weight excluding hydrogens is 480 g/mol. The maximum atomic E-state index is 12.6. The molecular formula is C27H27ClN4O2S. The van der Waals surface area contributed by atoms with E-state index in [-0.39, 0.29) is 18.9 Å². The summed E-state index contributed by atoms with van der Waals surface area (Å²) >= 11 is 7.93. The molecule has 0 spiro atoms. The van der Waals surface area contributed by atoms with Crippen LogP contribution in [-0.4, -0.2) is 27.8 Å². The third-order valence-corrected chi connectivity index (χ3v) is 6.77. The van der Waals surface area contributed by atoms with Crippen molar-refractivity contribution in [2.45, 2.75) is 37.7 Å². The Balaban J connectivity index is 1.53. The van der Waals surface area contributed by atoms with Gasteiger partial charge in [0.15, 0.2) is 11.0 Å². The number of methoxy groups -OCH3 is 1. The van der Waals surface area contributed by atoms with Crippen molar-refractivity contribution < 1.29 is 9.53 Å². The number of halogens is 1. The van der Waals surface area contributed by atoms with Crippen LogP contribution in [0.4, 0.5) is 0 Å². The number of thioether (sulfide) groups is 1. The summed E-state index contributed by atoms with van der Waals surface area (Å²) in [6, 6.07) is 21.6. The summed E-state index contributed by atoms with van der Waals surface area (Å²) in [7, 11) is 1.62. The second kappa shape index (κ2) is 11.4. The molecule has 1 N–H and O–H groups in total. The minimum absolute atomic E-state index is 0.0958. The van der Waals surface area contributed by atoms with Crippen molar-refractivity contribution in [3.63, 3.8) is 0 Å². The number of rotatable bonds is 9. The average Bonchev–Trinajstić information content (AvgIpc) is 3.26. The van der Waals surface area contributed by atoms with Gasteiger partial charge in [-0.05, 0) is 54.8 Å². The van der Waals surface area contributed by atoms with Crippen molar-refractivity contribution in [3.8, 4) is 11.4 Å². The van der Waals surface area contributed by atoms with Gasteiger partial charge in [-0.3, -0.25) is 9.36 Å². The number of amides is 1. The average molecular weight is 507 g/mol. The van der Waals surface area contributed by atoms with Crippen LogP contribution in [-0.2, 0) is 23.5 Å². The molecule has 180 valence electrons. The third-order valence-electron chi connectivity index (χ3n) is 5.53. The Morgan fingerprint density at radius 1 is 1.03 bits per heavy atom. The summed E-state index contributed by atoms with van der Waals surface area (Å²) in [5.74, 6) is 2.06. The lowest BCUT2D eigenvalue weighted by atomic mass is 10.1. The quantitative estimate of drug-likeness (QED) is 0.295. The van der Waals surface area contributed by atoms with Crippen molar-refractivity contribution >= 4 is 29.3 Å². The number of carbonyl (C=O) groups excluding carboxylic acids is 1. The number of ether oxygens (including phenoxy) is 1. The summed E-state index contributed by atoms with van der Waals surface area (Å²) in [6.07, 6.45) is 0.267. The zero-order valence-corrected chi connectivity index (χ0v) is 21.5. The summed E-state index contributed by atoms with van der Waals surface area (Å²) < 4.78 is 7.16. The van der Waals surface area contributed by atoms with Crippen molar-refractivity contribution in [1.82, 2.24) is 20.1 Å². The van der Waals surface area contributed by atoms with Gasteiger partial charge in [-0.15, -0.1) is 10.2 Å². The van der Waals surface area contributed by atoms with Crippen LogP contribution in [0.25, 0.3) is 5.69 Å². The largest absolute Gasteiger partial charge is 0.497 e. The molecule has 1 heterocycles. The molecule has 0 aliphatic rings. The van der Waals surface area contributed by atoms with Crippen LogP contribution in [0.5, 0.6) is 5.75 Å². The van der Waals surface area contributed by atoms with E-state index in [2.05, 4.69) is 46.7 Å². The molecule has 1 aromatic heterocycles. The Morgan fingerprint density at radius 2 is 1.83 bits per heavy atom. The molecule has 0 aliphatic carbocycles.